The fourth-order valence-electron chi connectivity index (χ4n) is 2.23. The maximum absolute atomic E-state index is 9.31. The lowest BCUT2D eigenvalue weighted by Gasteiger charge is -2.21. The molecule has 0 amide bonds. The number of hydrogen-bond acceptors (Lipinski definition) is 5. The number of aliphatic hydroxyl groups is 1. The van der Waals surface area contributed by atoms with E-state index in [1.807, 2.05) is 17.8 Å². The summed E-state index contributed by atoms with van der Waals surface area (Å²) in [5.41, 5.74) is 3.19. The molecular weight excluding hydrogens is 250 g/mol. The minimum Gasteiger partial charge on any atom is -0.396 e. The van der Waals surface area contributed by atoms with Gasteiger partial charge in [0.1, 0.15) is 0 Å². The van der Waals surface area contributed by atoms with Gasteiger partial charge in [0.2, 0.25) is 0 Å². The topological polar surface area (TPSA) is 60.2 Å². The van der Waals surface area contributed by atoms with Crippen molar-refractivity contribution in [2.45, 2.75) is 26.0 Å². The summed E-state index contributed by atoms with van der Waals surface area (Å²) >= 11 is 1.65. The van der Waals surface area contributed by atoms with Crippen LogP contribution in [0.1, 0.15) is 27.9 Å². The summed E-state index contributed by atoms with van der Waals surface area (Å²) in [5, 5.41) is 16.8. The van der Waals surface area contributed by atoms with Crippen LogP contribution in [0.2, 0.25) is 0 Å². The van der Waals surface area contributed by atoms with Crippen LogP contribution in [-0.2, 0) is 17.9 Å². The van der Waals surface area contributed by atoms with Crippen LogP contribution in [0.3, 0.4) is 0 Å². The predicted molar refractivity (Wildman–Crippen MR) is 67.7 cm³/mol. The average Bonchev–Trinajstić information content (AvgIpc) is 2.97. The van der Waals surface area contributed by atoms with Crippen LogP contribution in [0.25, 0.3) is 0 Å². The van der Waals surface area contributed by atoms with Crippen molar-refractivity contribution in [1.82, 2.24) is 14.8 Å². The molecule has 0 bridgehead atoms. The van der Waals surface area contributed by atoms with Gasteiger partial charge in [-0.05, 0) is 6.92 Å². The fraction of sp³-hybridized carbons (Fsp3) is 0.500. The number of aliphatic hydroxyl groups excluding tert-OH is 1. The van der Waals surface area contributed by atoms with Crippen molar-refractivity contribution < 1.29 is 9.84 Å². The summed E-state index contributed by atoms with van der Waals surface area (Å²) < 4.78 is 7.42. The molecule has 1 N–H and O–H groups in total. The molecule has 2 aromatic rings. The van der Waals surface area contributed by atoms with E-state index >= 15 is 0 Å². The first-order chi connectivity index (χ1) is 8.78. The summed E-state index contributed by atoms with van der Waals surface area (Å²) in [6.07, 6.45) is 1.85. The number of thiazole rings is 1. The maximum atomic E-state index is 9.31. The molecule has 0 saturated carbocycles. The third-order valence-corrected chi connectivity index (χ3v) is 4.00. The Morgan fingerprint density at radius 2 is 2.50 bits per heavy atom. The highest BCUT2D eigenvalue weighted by atomic mass is 32.1. The molecule has 0 saturated heterocycles. The molecule has 6 heteroatoms. The number of aromatic nitrogens is 3. The molecule has 3 heterocycles. The fourth-order valence-corrected chi connectivity index (χ4v) is 2.84. The summed E-state index contributed by atoms with van der Waals surface area (Å²) in [4.78, 5) is 4.44. The Hall–Kier alpha value is -1.24. The van der Waals surface area contributed by atoms with Crippen molar-refractivity contribution >= 4 is 11.3 Å². The van der Waals surface area contributed by atoms with Crippen molar-refractivity contribution in [2.24, 2.45) is 0 Å². The monoisotopic (exact) mass is 265 g/mol. The summed E-state index contributed by atoms with van der Waals surface area (Å²) in [5.74, 6) is 0.0553. The molecule has 0 fully saturated rings. The minimum atomic E-state index is 0.0553. The molecule has 5 nitrogen and oxygen atoms in total. The third-order valence-electron chi connectivity index (χ3n) is 3.18. The Labute approximate surface area is 109 Å². The van der Waals surface area contributed by atoms with Crippen LogP contribution in [0.15, 0.2) is 11.6 Å². The number of fused-ring (bicyclic) bond motifs is 1. The molecule has 1 aliphatic rings. The smallest absolute Gasteiger partial charge is 0.0898 e. The lowest BCUT2D eigenvalue weighted by atomic mass is 10.00. The van der Waals surface area contributed by atoms with Crippen molar-refractivity contribution in [1.29, 1.82) is 0 Å². The van der Waals surface area contributed by atoms with Gasteiger partial charge in [0.15, 0.2) is 0 Å². The molecule has 1 atom stereocenters. The van der Waals surface area contributed by atoms with E-state index in [-0.39, 0.29) is 12.5 Å². The highest BCUT2D eigenvalue weighted by Gasteiger charge is 2.24. The van der Waals surface area contributed by atoms with Crippen molar-refractivity contribution in [3.63, 3.8) is 0 Å². The third kappa shape index (κ3) is 2.07. The zero-order valence-electron chi connectivity index (χ0n) is 10.2. The van der Waals surface area contributed by atoms with E-state index in [0.717, 1.165) is 22.0 Å². The van der Waals surface area contributed by atoms with Crippen LogP contribution in [-0.4, -0.2) is 33.1 Å². The number of aryl methyl sites for hydroxylation is 1. The Morgan fingerprint density at radius 3 is 3.22 bits per heavy atom. The molecule has 96 valence electrons. The van der Waals surface area contributed by atoms with Crippen LogP contribution in [0, 0.1) is 6.92 Å². The van der Waals surface area contributed by atoms with E-state index in [0.29, 0.717) is 19.8 Å². The van der Waals surface area contributed by atoms with Gasteiger partial charge in [-0.2, -0.15) is 5.10 Å². The van der Waals surface area contributed by atoms with Crippen molar-refractivity contribution in [2.75, 3.05) is 13.2 Å². The van der Waals surface area contributed by atoms with E-state index in [1.54, 1.807) is 11.3 Å². The molecule has 2 aromatic heterocycles. The second-order valence-corrected chi connectivity index (χ2v) is 5.52. The molecule has 0 radical (unpaired) electrons. The van der Waals surface area contributed by atoms with Gasteiger partial charge >= 0.3 is 0 Å². The Bertz CT molecular complexity index is 549. The average molecular weight is 265 g/mol. The van der Waals surface area contributed by atoms with Crippen LogP contribution < -0.4 is 0 Å². The highest BCUT2D eigenvalue weighted by molar-refractivity contribution is 7.09. The zero-order chi connectivity index (χ0) is 12.5. The first-order valence-electron chi connectivity index (χ1n) is 5.92. The van der Waals surface area contributed by atoms with Crippen molar-refractivity contribution in [3.8, 4) is 0 Å². The maximum Gasteiger partial charge on any atom is 0.0898 e. The zero-order valence-corrected chi connectivity index (χ0v) is 11.0. The Kier molecular flexibility index (Phi) is 3.15. The lowest BCUT2D eigenvalue weighted by Crippen LogP contribution is -2.21. The van der Waals surface area contributed by atoms with Crippen LogP contribution in [0.4, 0.5) is 0 Å². The van der Waals surface area contributed by atoms with E-state index in [9.17, 15) is 5.11 Å². The van der Waals surface area contributed by atoms with E-state index in [1.165, 1.54) is 0 Å². The minimum absolute atomic E-state index is 0.0553. The van der Waals surface area contributed by atoms with Gasteiger partial charge in [0, 0.05) is 16.9 Å². The molecular formula is C12H15N3O2S. The molecule has 3 rings (SSSR count). The second-order valence-electron chi connectivity index (χ2n) is 4.46. The number of rotatable bonds is 3. The Morgan fingerprint density at radius 1 is 1.61 bits per heavy atom. The van der Waals surface area contributed by atoms with Crippen LogP contribution in [0.5, 0.6) is 0 Å². The molecule has 18 heavy (non-hydrogen) atoms. The molecule has 0 unspecified atom stereocenters. The number of ether oxygens (including phenoxy) is 1. The van der Waals surface area contributed by atoms with E-state index < -0.39 is 0 Å². The predicted octanol–water partition coefficient (Wildman–Crippen LogP) is 1.30. The molecule has 0 aromatic carbocycles. The Balaban J connectivity index is 1.87. The van der Waals surface area contributed by atoms with E-state index in [2.05, 4.69) is 15.5 Å². The first-order valence-corrected chi connectivity index (χ1v) is 6.80. The second kappa shape index (κ2) is 4.79. The highest BCUT2D eigenvalue weighted by Crippen LogP contribution is 2.26. The summed E-state index contributed by atoms with van der Waals surface area (Å²) in [6, 6.07) is 0. The standard InChI is InChI=1S/C12H15N3O2S/c1-8-14-10(7-18-8)3-15-12-6-17-5-9(4-16)11(12)2-13-15/h2,7,9,16H,3-6H2,1H3/t9-/m0/s1. The molecule has 1 aliphatic heterocycles. The lowest BCUT2D eigenvalue weighted by molar-refractivity contribution is 0.0678. The van der Waals surface area contributed by atoms with Gasteiger partial charge in [-0.15, -0.1) is 11.3 Å². The van der Waals surface area contributed by atoms with Gasteiger partial charge in [-0.3, -0.25) is 4.68 Å². The van der Waals surface area contributed by atoms with E-state index in [4.69, 9.17) is 4.74 Å². The number of hydrogen-bond donors (Lipinski definition) is 1. The number of nitrogens with zero attached hydrogens (tertiary/aromatic N) is 3. The van der Waals surface area contributed by atoms with Gasteiger partial charge < -0.3 is 9.84 Å². The van der Waals surface area contributed by atoms with Gasteiger partial charge in [0.25, 0.3) is 0 Å². The van der Waals surface area contributed by atoms with Crippen LogP contribution >= 0.6 is 11.3 Å². The largest absolute Gasteiger partial charge is 0.396 e. The SMILES string of the molecule is Cc1nc(Cn2ncc3c2COC[C@@H]3CO)cs1. The van der Waals surface area contributed by atoms with Gasteiger partial charge in [0.05, 0.1) is 49.0 Å². The molecule has 0 aliphatic carbocycles. The van der Waals surface area contributed by atoms with Gasteiger partial charge in [-0.25, -0.2) is 4.98 Å². The quantitative estimate of drug-likeness (QED) is 0.909. The normalized spacial score (nSPS) is 18.9. The van der Waals surface area contributed by atoms with Crippen molar-refractivity contribution in [3.05, 3.63) is 33.5 Å². The summed E-state index contributed by atoms with van der Waals surface area (Å²) in [6.45, 7) is 3.91. The summed E-state index contributed by atoms with van der Waals surface area (Å²) in [7, 11) is 0. The van der Waals surface area contributed by atoms with Gasteiger partial charge in [-0.1, -0.05) is 0 Å². The molecule has 0 spiro atoms. The first kappa shape index (κ1) is 11.8.